The third kappa shape index (κ3) is 3.58. The molecule has 0 aliphatic carbocycles. The first-order chi connectivity index (χ1) is 21.1. The van der Waals surface area contributed by atoms with Crippen LogP contribution in [0.1, 0.15) is 11.3 Å². The molecular formula is C42H29N. The van der Waals surface area contributed by atoms with Gasteiger partial charge in [-0.2, -0.15) is 0 Å². The summed E-state index contributed by atoms with van der Waals surface area (Å²) in [4.78, 5) is 0. The summed E-state index contributed by atoms with van der Waals surface area (Å²) in [6.45, 7) is 4.53. The second-order valence-electron chi connectivity index (χ2n) is 11.9. The molecule has 0 amide bonds. The maximum Gasteiger partial charge on any atom is 0.0543 e. The largest absolute Gasteiger partial charge is 0.313 e. The normalized spacial score (nSPS) is 12.0. The number of hydrogen-bond donors (Lipinski definition) is 0. The predicted octanol–water partition coefficient (Wildman–Crippen LogP) is 11.7. The lowest BCUT2D eigenvalue weighted by molar-refractivity contribution is 1.05. The van der Waals surface area contributed by atoms with Crippen LogP contribution in [0.25, 0.3) is 81.6 Å². The van der Waals surface area contributed by atoms with Gasteiger partial charge in [-0.25, -0.2) is 0 Å². The topological polar surface area (TPSA) is 4.93 Å². The second kappa shape index (κ2) is 9.05. The quantitative estimate of drug-likeness (QED) is 0.190. The first-order valence-electron chi connectivity index (χ1n) is 15.0. The summed E-state index contributed by atoms with van der Waals surface area (Å²) in [7, 11) is 0. The van der Waals surface area contributed by atoms with Crippen molar-refractivity contribution in [3.05, 3.63) is 151 Å². The summed E-state index contributed by atoms with van der Waals surface area (Å²) < 4.78 is 2.48. The summed E-state index contributed by atoms with van der Waals surface area (Å²) in [5.41, 5.74) is 7.62. The fourth-order valence-corrected chi connectivity index (χ4v) is 7.21. The first kappa shape index (κ1) is 24.2. The molecule has 0 atom stereocenters. The number of aromatic nitrogens is 1. The van der Waals surface area contributed by atoms with Crippen LogP contribution < -0.4 is 0 Å². The van der Waals surface area contributed by atoms with Crippen LogP contribution >= 0.6 is 0 Å². The molecule has 0 fully saturated rings. The zero-order valence-electron chi connectivity index (χ0n) is 24.2. The Morgan fingerprint density at radius 1 is 0.372 bits per heavy atom. The third-order valence-corrected chi connectivity index (χ3v) is 9.54. The van der Waals surface area contributed by atoms with E-state index >= 15 is 0 Å². The second-order valence-corrected chi connectivity index (χ2v) is 11.9. The van der Waals surface area contributed by atoms with Crippen LogP contribution in [0.3, 0.4) is 0 Å². The smallest absolute Gasteiger partial charge is 0.0543 e. The Kier molecular flexibility index (Phi) is 5.10. The molecule has 202 valence electrons. The number of rotatable bonds is 2. The van der Waals surface area contributed by atoms with E-state index in [9.17, 15) is 0 Å². The molecule has 0 unspecified atom stereocenters. The van der Waals surface area contributed by atoms with Gasteiger partial charge < -0.3 is 4.57 Å². The van der Waals surface area contributed by atoms with E-state index in [1.54, 1.807) is 0 Å². The Morgan fingerprint density at radius 2 is 0.930 bits per heavy atom. The van der Waals surface area contributed by atoms with Crippen molar-refractivity contribution in [3.63, 3.8) is 0 Å². The van der Waals surface area contributed by atoms with Crippen LogP contribution in [0.5, 0.6) is 0 Å². The van der Waals surface area contributed by atoms with Gasteiger partial charge in [0, 0.05) is 16.5 Å². The summed E-state index contributed by atoms with van der Waals surface area (Å²) >= 11 is 0. The van der Waals surface area contributed by atoms with Crippen molar-refractivity contribution in [1.82, 2.24) is 4.57 Å². The van der Waals surface area contributed by atoms with Crippen LogP contribution in [-0.4, -0.2) is 4.57 Å². The minimum Gasteiger partial charge on any atom is -0.313 e. The van der Waals surface area contributed by atoms with E-state index in [-0.39, 0.29) is 0 Å². The molecule has 1 nitrogen and oxygen atoms in total. The maximum absolute atomic E-state index is 2.48. The van der Waals surface area contributed by atoms with Gasteiger partial charge in [0.05, 0.1) is 11.2 Å². The molecule has 9 aromatic rings. The Morgan fingerprint density at radius 3 is 1.74 bits per heavy atom. The van der Waals surface area contributed by atoms with Crippen molar-refractivity contribution in [3.8, 4) is 16.8 Å². The van der Waals surface area contributed by atoms with Crippen molar-refractivity contribution in [2.45, 2.75) is 13.8 Å². The lowest BCUT2D eigenvalue weighted by Crippen LogP contribution is -1.98. The molecule has 1 heteroatoms. The molecule has 0 aliphatic heterocycles. The van der Waals surface area contributed by atoms with Crippen molar-refractivity contribution in [2.75, 3.05) is 0 Å². The number of fused-ring (bicyclic) bond motifs is 8. The van der Waals surface area contributed by atoms with Gasteiger partial charge in [0.25, 0.3) is 0 Å². The Hall–Kier alpha value is -5.40. The minimum atomic E-state index is 1.24. The van der Waals surface area contributed by atoms with Gasteiger partial charge in [-0.3, -0.25) is 0 Å². The third-order valence-electron chi connectivity index (χ3n) is 9.54. The van der Waals surface area contributed by atoms with Crippen molar-refractivity contribution in [2.24, 2.45) is 0 Å². The molecule has 1 heterocycles. The van der Waals surface area contributed by atoms with E-state index in [1.165, 1.54) is 92.8 Å². The standard InChI is InChI=1S/C42H29N/c1-26-27(2)43(41-23-32-11-5-6-12-35(32)37-13-7-8-14-38(37)41)42-24-34-18-17-33-22-31(19-20-36(33)40(34)25-39(26)42)30-16-15-28-9-3-4-10-29(28)21-30/h3-25H,1-2H3. The minimum absolute atomic E-state index is 1.24. The highest BCUT2D eigenvalue weighted by Gasteiger charge is 2.17. The van der Waals surface area contributed by atoms with Gasteiger partial charge in [-0.1, -0.05) is 109 Å². The molecular weight excluding hydrogens is 518 g/mol. The van der Waals surface area contributed by atoms with Crippen LogP contribution in [-0.2, 0) is 0 Å². The molecule has 0 radical (unpaired) electrons. The van der Waals surface area contributed by atoms with Gasteiger partial charge in [-0.05, 0) is 109 Å². The fourth-order valence-electron chi connectivity index (χ4n) is 7.21. The van der Waals surface area contributed by atoms with Gasteiger partial charge >= 0.3 is 0 Å². The number of nitrogens with zero attached hydrogens (tertiary/aromatic N) is 1. The van der Waals surface area contributed by atoms with Crippen LogP contribution in [0.4, 0.5) is 0 Å². The molecule has 8 aromatic carbocycles. The highest BCUT2D eigenvalue weighted by Crippen LogP contribution is 2.39. The number of aryl methyl sites for hydroxylation is 1. The van der Waals surface area contributed by atoms with Gasteiger partial charge in [0.15, 0.2) is 0 Å². The van der Waals surface area contributed by atoms with E-state index < -0.39 is 0 Å². The van der Waals surface area contributed by atoms with Gasteiger partial charge in [0.1, 0.15) is 0 Å². The molecule has 0 spiro atoms. The number of hydrogen-bond acceptors (Lipinski definition) is 0. The Labute approximate surface area is 250 Å². The SMILES string of the molecule is Cc1c(C)n(-c2cc3ccccc3c3ccccc23)c2cc3ccc4cc(-c5ccc6ccccc6c5)ccc4c3cc12. The average Bonchev–Trinajstić information content (AvgIpc) is 3.30. The van der Waals surface area contributed by atoms with Crippen LogP contribution in [0, 0.1) is 13.8 Å². The summed E-state index contributed by atoms with van der Waals surface area (Å²) in [6, 6.07) is 51.6. The van der Waals surface area contributed by atoms with Crippen molar-refractivity contribution >= 4 is 64.8 Å². The lowest BCUT2D eigenvalue weighted by Gasteiger charge is -2.15. The summed E-state index contributed by atoms with van der Waals surface area (Å²) in [5, 5.41) is 14.1. The number of benzene rings is 8. The van der Waals surface area contributed by atoms with Crippen LogP contribution in [0.15, 0.2) is 140 Å². The Bertz CT molecular complexity index is 2580. The monoisotopic (exact) mass is 547 g/mol. The lowest BCUT2D eigenvalue weighted by atomic mass is 9.95. The molecule has 0 bridgehead atoms. The summed E-state index contributed by atoms with van der Waals surface area (Å²) in [6.07, 6.45) is 0. The van der Waals surface area contributed by atoms with E-state index in [2.05, 4.69) is 158 Å². The van der Waals surface area contributed by atoms with Crippen molar-refractivity contribution in [1.29, 1.82) is 0 Å². The zero-order chi connectivity index (χ0) is 28.7. The van der Waals surface area contributed by atoms with E-state index in [0.717, 1.165) is 0 Å². The maximum atomic E-state index is 2.48. The fraction of sp³-hybridized carbons (Fsp3) is 0.0476. The zero-order valence-corrected chi connectivity index (χ0v) is 24.2. The van der Waals surface area contributed by atoms with E-state index in [1.807, 2.05) is 0 Å². The van der Waals surface area contributed by atoms with Crippen molar-refractivity contribution < 1.29 is 0 Å². The molecule has 9 rings (SSSR count). The summed E-state index contributed by atoms with van der Waals surface area (Å²) in [5.74, 6) is 0. The average molecular weight is 548 g/mol. The Balaban J connectivity index is 1.26. The molecule has 1 aromatic heterocycles. The predicted molar refractivity (Wildman–Crippen MR) is 186 cm³/mol. The molecule has 0 saturated heterocycles. The molecule has 0 aliphatic rings. The molecule has 43 heavy (non-hydrogen) atoms. The van der Waals surface area contributed by atoms with E-state index in [0.29, 0.717) is 0 Å². The molecule has 0 N–H and O–H groups in total. The molecule has 0 saturated carbocycles. The highest BCUT2D eigenvalue weighted by atomic mass is 15.0. The van der Waals surface area contributed by atoms with Gasteiger partial charge in [0.2, 0.25) is 0 Å². The van der Waals surface area contributed by atoms with E-state index in [4.69, 9.17) is 0 Å². The van der Waals surface area contributed by atoms with Gasteiger partial charge in [-0.15, -0.1) is 0 Å². The van der Waals surface area contributed by atoms with Crippen LogP contribution in [0.2, 0.25) is 0 Å². The first-order valence-corrected chi connectivity index (χ1v) is 15.0. The highest BCUT2D eigenvalue weighted by molar-refractivity contribution is 6.15.